The molecule has 2 aliphatic heterocycles. The van der Waals surface area contributed by atoms with Crippen LogP contribution < -0.4 is 4.90 Å². The van der Waals surface area contributed by atoms with Crippen molar-refractivity contribution >= 4 is 23.1 Å². The molecule has 1 N–H and O–H groups in total. The van der Waals surface area contributed by atoms with Crippen LogP contribution in [0.5, 0.6) is 0 Å². The average molecular weight is 395 g/mol. The number of halogens is 1. The van der Waals surface area contributed by atoms with E-state index in [1.54, 1.807) is 18.2 Å². The molecule has 0 spiro atoms. The van der Waals surface area contributed by atoms with Gasteiger partial charge in [-0.15, -0.1) is 0 Å². The van der Waals surface area contributed by atoms with Gasteiger partial charge in [0.2, 0.25) is 0 Å². The lowest BCUT2D eigenvalue weighted by atomic mass is 10.0. The highest BCUT2D eigenvalue weighted by Crippen LogP contribution is 2.35. The summed E-state index contributed by atoms with van der Waals surface area (Å²) in [6, 6.07) is 14.6. The Hall–Kier alpha value is -3.03. The van der Waals surface area contributed by atoms with E-state index in [4.69, 9.17) is 5.11 Å². The molecule has 1 fully saturated rings. The summed E-state index contributed by atoms with van der Waals surface area (Å²) in [5.74, 6) is -1.38. The standard InChI is InChI=1S/C22H22FN3O3/c23-17-7-4-8-18(15-17)26-21(28)19(16-5-2-1-3-6-16)20(22(26)29)25-11-9-24(10-12-25)13-14-27/h1-8,15,27H,9-14H2. The quantitative estimate of drug-likeness (QED) is 0.781. The van der Waals surface area contributed by atoms with Crippen LogP contribution >= 0.6 is 0 Å². The Balaban J connectivity index is 1.73. The first kappa shape index (κ1) is 19.3. The molecule has 1 saturated heterocycles. The Bertz CT molecular complexity index is 953. The van der Waals surface area contributed by atoms with Crippen LogP contribution in [-0.2, 0) is 9.59 Å². The van der Waals surface area contributed by atoms with Crippen LogP contribution in [0.2, 0.25) is 0 Å². The SMILES string of the molecule is O=C1C(c2ccccc2)=C(N2CCN(CCO)CC2)C(=O)N1c1cccc(F)c1. The number of nitrogens with zero attached hydrogens (tertiary/aromatic N) is 3. The van der Waals surface area contributed by atoms with Crippen LogP contribution in [0, 0.1) is 5.82 Å². The van der Waals surface area contributed by atoms with Gasteiger partial charge in [-0.2, -0.15) is 0 Å². The van der Waals surface area contributed by atoms with E-state index in [-0.39, 0.29) is 12.3 Å². The van der Waals surface area contributed by atoms with Gasteiger partial charge in [-0.1, -0.05) is 36.4 Å². The molecule has 0 atom stereocenters. The van der Waals surface area contributed by atoms with Gasteiger partial charge in [-0.05, 0) is 23.8 Å². The van der Waals surface area contributed by atoms with Crippen molar-refractivity contribution in [1.82, 2.24) is 9.80 Å². The summed E-state index contributed by atoms with van der Waals surface area (Å²) in [6.07, 6.45) is 0. The number of rotatable bonds is 5. The van der Waals surface area contributed by atoms with Gasteiger partial charge in [0, 0.05) is 32.7 Å². The second-order valence-electron chi connectivity index (χ2n) is 7.07. The van der Waals surface area contributed by atoms with Gasteiger partial charge in [0.15, 0.2) is 0 Å². The van der Waals surface area contributed by atoms with Crippen molar-refractivity contribution in [1.29, 1.82) is 0 Å². The minimum absolute atomic E-state index is 0.0860. The third kappa shape index (κ3) is 3.66. The third-order valence-electron chi connectivity index (χ3n) is 5.29. The molecule has 2 heterocycles. The highest BCUT2D eigenvalue weighted by molar-refractivity contribution is 6.45. The molecule has 4 rings (SSSR count). The Morgan fingerprint density at radius 2 is 1.62 bits per heavy atom. The molecule has 6 nitrogen and oxygen atoms in total. The zero-order valence-electron chi connectivity index (χ0n) is 15.9. The second kappa shape index (κ2) is 8.14. The summed E-state index contributed by atoms with van der Waals surface area (Å²) >= 11 is 0. The number of piperazine rings is 1. The van der Waals surface area contributed by atoms with Crippen molar-refractivity contribution in [3.63, 3.8) is 0 Å². The van der Waals surface area contributed by atoms with Crippen LogP contribution in [0.25, 0.3) is 5.57 Å². The van der Waals surface area contributed by atoms with Crippen molar-refractivity contribution < 1.29 is 19.1 Å². The van der Waals surface area contributed by atoms with Crippen LogP contribution in [0.1, 0.15) is 5.56 Å². The number of imide groups is 1. The van der Waals surface area contributed by atoms with E-state index in [1.165, 1.54) is 18.2 Å². The van der Waals surface area contributed by atoms with Gasteiger partial charge in [0.25, 0.3) is 11.8 Å². The predicted molar refractivity (Wildman–Crippen MR) is 107 cm³/mol. The van der Waals surface area contributed by atoms with Gasteiger partial charge in [0.1, 0.15) is 11.5 Å². The molecule has 2 aromatic rings. The van der Waals surface area contributed by atoms with E-state index in [0.717, 1.165) is 4.90 Å². The topological polar surface area (TPSA) is 64.1 Å². The van der Waals surface area contributed by atoms with E-state index in [9.17, 15) is 14.0 Å². The molecular weight excluding hydrogens is 373 g/mol. The molecule has 2 aliphatic rings. The molecular formula is C22H22FN3O3. The fourth-order valence-corrected chi connectivity index (χ4v) is 3.86. The average Bonchev–Trinajstić information content (AvgIpc) is 2.99. The zero-order chi connectivity index (χ0) is 20.4. The lowest BCUT2D eigenvalue weighted by Crippen LogP contribution is -2.48. The summed E-state index contributed by atoms with van der Waals surface area (Å²) in [6.45, 7) is 3.19. The van der Waals surface area contributed by atoms with E-state index in [2.05, 4.69) is 4.90 Å². The van der Waals surface area contributed by atoms with Crippen molar-refractivity contribution in [2.75, 3.05) is 44.2 Å². The maximum atomic E-state index is 13.8. The van der Waals surface area contributed by atoms with Gasteiger partial charge in [0.05, 0.1) is 17.9 Å². The number of benzene rings is 2. The molecule has 0 unspecified atom stereocenters. The maximum Gasteiger partial charge on any atom is 0.282 e. The maximum absolute atomic E-state index is 13.8. The number of hydrogen-bond acceptors (Lipinski definition) is 5. The zero-order valence-corrected chi connectivity index (χ0v) is 15.9. The van der Waals surface area contributed by atoms with E-state index >= 15 is 0 Å². The van der Waals surface area contributed by atoms with Crippen LogP contribution in [0.3, 0.4) is 0 Å². The predicted octanol–water partition coefficient (Wildman–Crippen LogP) is 1.72. The second-order valence-corrected chi connectivity index (χ2v) is 7.07. The minimum Gasteiger partial charge on any atom is -0.395 e. The normalized spacial score (nSPS) is 18.1. The number of hydrogen-bond donors (Lipinski definition) is 1. The highest BCUT2D eigenvalue weighted by atomic mass is 19.1. The van der Waals surface area contributed by atoms with Crippen molar-refractivity contribution in [2.45, 2.75) is 0 Å². The highest BCUT2D eigenvalue weighted by Gasteiger charge is 2.43. The molecule has 0 aliphatic carbocycles. The van der Waals surface area contributed by atoms with Crippen molar-refractivity contribution in [2.24, 2.45) is 0 Å². The first-order valence-electron chi connectivity index (χ1n) is 9.62. The number of carbonyl (C=O) groups is 2. The van der Waals surface area contributed by atoms with Crippen LogP contribution in [0.15, 0.2) is 60.3 Å². The summed E-state index contributed by atoms with van der Waals surface area (Å²) in [7, 11) is 0. The molecule has 0 bridgehead atoms. The van der Waals surface area contributed by atoms with Crippen LogP contribution in [-0.4, -0.2) is 66.1 Å². The van der Waals surface area contributed by atoms with Crippen LogP contribution in [0.4, 0.5) is 10.1 Å². The molecule has 0 aromatic heterocycles. The molecule has 2 aromatic carbocycles. The first-order chi connectivity index (χ1) is 14.1. The molecule has 7 heteroatoms. The molecule has 29 heavy (non-hydrogen) atoms. The van der Waals surface area contributed by atoms with E-state index < -0.39 is 17.6 Å². The first-order valence-corrected chi connectivity index (χ1v) is 9.62. The number of anilines is 1. The number of aliphatic hydroxyl groups is 1. The smallest absolute Gasteiger partial charge is 0.282 e. The van der Waals surface area contributed by atoms with E-state index in [0.29, 0.717) is 49.6 Å². The summed E-state index contributed by atoms with van der Waals surface area (Å²) in [5.41, 5.74) is 1.59. The number of aliphatic hydroxyl groups excluding tert-OH is 1. The Morgan fingerprint density at radius 1 is 0.897 bits per heavy atom. The largest absolute Gasteiger partial charge is 0.395 e. The minimum atomic E-state index is -0.504. The Kier molecular flexibility index (Phi) is 5.42. The summed E-state index contributed by atoms with van der Waals surface area (Å²) < 4.78 is 13.8. The third-order valence-corrected chi connectivity index (χ3v) is 5.29. The number of carbonyl (C=O) groups excluding carboxylic acids is 2. The lowest BCUT2D eigenvalue weighted by Gasteiger charge is -2.36. The molecule has 0 radical (unpaired) electrons. The summed E-state index contributed by atoms with van der Waals surface area (Å²) in [4.78, 5) is 31.7. The van der Waals surface area contributed by atoms with Crippen molar-refractivity contribution in [3.05, 3.63) is 71.7 Å². The number of β-amino-alcohol motifs (C(OH)–C–C–N with tert-alkyl or cyclic N) is 1. The Labute approximate surface area is 168 Å². The van der Waals surface area contributed by atoms with Gasteiger partial charge in [-0.3, -0.25) is 14.5 Å². The van der Waals surface area contributed by atoms with E-state index in [1.807, 2.05) is 23.1 Å². The molecule has 0 saturated carbocycles. The monoisotopic (exact) mass is 395 g/mol. The summed E-state index contributed by atoms with van der Waals surface area (Å²) in [5, 5.41) is 9.15. The Morgan fingerprint density at radius 3 is 2.28 bits per heavy atom. The number of amides is 2. The lowest BCUT2D eigenvalue weighted by molar-refractivity contribution is -0.120. The van der Waals surface area contributed by atoms with Gasteiger partial charge in [-0.25, -0.2) is 9.29 Å². The van der Waals surface area contributed by atoms with Gasteiger partial charge < -0.3 is 10.0 Å². The fraction of sp³-hybridized carbons (Fsp3) is 0.273. The fourth-order valence-electron chi connectivity index (χ4n) is 3.86. The van der Waals surface area contributed by atoms with Gasteiger partial charge >= 0.3 is 0 Å². The van der Waals surface area contributed by atoms with Crippen molar-refractivity contribution in [3.8, 4) is 0 Å². The molecule has 150 valence electrons. The molecule has 2 amide bonds.